The third kappa shape index (κ3) is 4.92. The van der Waals surface area contributed by atoms with E-state index in [1.807, 2.05) is 36.4 Å². The molecular formula is C20H22ClN5. The first-order chi connectivity index (χ1) is 12.6. The van der Waals surface area contributed by atoms with Gasteiger partial charge in [0.1, 0.15) is 0 Å². The molecule has 0 atom stereocenters. The van der Waals surface area contributed by atoms with Crippen LogP contribution in [0.2, 0.25) is 5.02 Å². The van der Waals surface area contributed by atoms with Crippen LogP contribution in [0.15, 0.2) is 54.7 Å². The summed E-state index contributed by atoms with van der Waals surface area (Å²) in [6.07, 6.45) is 2.47. The fourth-order valence-corrected chi connectivity index (χ4v) is 2.92. The molecule has 0 unspecified atom stereocenters. The van der Waals surface area contributed by atoms with E-state index in [-0.39, 0.29) is 0 Å². The van der Waals surface area contributed by atoms with Crippen molar-refractivity contribution in [2.75, 3.05) is 17.2 Å². The Hall–Kier alpha value is -2.66. The molecule has 2 aromatic carbocycles. The van der Waals surface area contributed by atoms with Crippen molar-refractivity contribution in [3.63, 3.8) is 0 Å². The van der Waals surface area contributed by atoms with Gasteiger partial charge in [-0.1, -0.05) is 55.8 Å². The van der Waals surface area contributed by atoms with Crippen LogP contribution in [0.25, 0.3) is 0 Å². The number of rotatable bonds is 7. The van der Waals surface area contributed by atoms with Gasteiger partial charge in [0.05, 0.1) is 6.20 Å². The molecule has 0 aliphatic heterocycles. The predicted molar refractivity (Wildman–Crippen MR) is 107 cm³/mol. The van der Waals surface area contributed by atoms with E-state index in [0.29, 0.717) is 17.7 Å². The van der Waals surface area contributed by atoms with Crippen LogP contribution in [0.4, 0.5) is 17.5 Å². The Labute approximate surface area is 158 Å². The van der Waals surface area contributed by atoms with Gasteiger partial charge in [-0.15, -0.1) is 5.10 Å². The SMILES string of the molecule is CC(C)c1ccccc1Nc1nncc(NCCc2cccc(Cl)c2)n1. The van der Waals surface area contributed by atoms with Gasteiger partial charge >= 0.3 is 0 Å². The van der Waals surface area contributed by atoms with Crippen LogP contribution in [0.3, 0.4) is 0 Å². The lowest BCUT2D eigenvalue weighted by Gasteiger charge is -2.13. The number of anilines is 3. The largest absolute Gasteiger partial charge is 0.368 e. The van der Waals surface area contributed by atoms with Crippen molar-refractivity contribution in [3.8, 4) is 0 Å². The van der Waals surface area contributed by atoms with Gasteiger partial charge in [-0.2, -0.15) is 10.1 Å². The summed E-state index contributed by atoms with van der Waals surface area (Å²) in [4.78, 5) is 4.50. The molecule has 0 amide bonds. The molecule has 0 aliphatic rings. The minimum absolute atomic E-state index is 0.408. The molecule has 3 aromatic rings. The molecule has 0 bridgehead atoms. The fraction of sp³-hybridized carbons (Fsp3) is 0.250. The van der Waals surface area contributed by atoms with Gasteiger partial charge in [-0.25, -0.2) is 0 Å². The number of hydrogen-bond donors (Lipinski definition) is 2. The zero-order valence-electron chi connectivity index (χ0n) is 14.9. The number of hydrogen-bond acceptors (Lipinski definition) is 5. The summed E-state index contributed by atoms with van der Waals surface area (Å²) in [6.45, 7) is 5.06. The highest BCUT2D eigenvalue weighted by Gasteiger charge is 2.08. The second kappa shape index (κ2) is 8.63. The maximum atomic E-state index is 6.01. The van der Waals surface area contributed by atoms with Gasteiger partial charge in [0.15, 0.2) is 5.82 Å². The van der Waals surface area contributed by atoms with Crippen molar-refractivity contribution >= 4 is 29.1 Å². The summed E-state index contributed by atoms with van der Waals surface area (Å²) in [6, 6.07) is 16.0. The molecule has 0 spiro atoms. The molecule has 6 heteroatoms. The molecule has 1 aromatic heterocycles. The van der Waals surface area contributed by atoms with Crippen molar-refractivity contribution in [2.24, 2.45) is 0 Å². The summed E-state index contributed by atoms with van der Waals surface area (Å²) in [7, 11) is 0. The summed E-state index contributed by atoms with van der Waals surface area (Å²) in [5, 5.41) is 15.4. The van der Waals surface area contributed by atoms with E-state index in [1.54, 1.807) is 6.20 Å². The number of nitrogens with zero attached hydrogens (tertiary/aromatic N) is 3. The third-order valence-corrected chi connectivity index (χ3v) is 4.23. The van der Waals surface area contributed by atoms with Gasteiger partial charge in [-0.3, -0.25) is 0 Å². The average molecular weight is 368 g/mol. The third-order valence-electron chi connectivity index (χ3n) is 4.00. The van der Waals surface area contributed by atoms with Gasteiger partial charge in [0.2, 0.25) is 5.95 Å². The Morgan fingerprint density at radius 1 is 1.08 bits per heavy atom. The molecule has 0 saturated carbocycles. The number of halogens is 1. The van der Waals surface area contributed by atoms with Crippen LogP contribution >= 0.6 is 11.6 Å². The standard InChI is InChI=1S/C20H22ClN5/c1-14(2)17-8-3-4-9-18(17)24-20-25-19(13-23-26-20)22-11-10-15-6-5-7-16(21)12-15/h3-9,12-14H,10-11H2,1-2H3,(H2,22,24,25,26). The van der Waals surface area contributed by atoms with Crippen molar-refractivity contribution in [1.29, 1.82) is 0 Å². The van der Waals surface area contributed by atoms with Crippen LogP contribution in [-0.4, -0.2) is 21.7 Å². The summed E-state index contributed by atoms with van der Waals surface area (Å²) in [5.74, 6) is 1.57. The first-order valence-corrected chi connectivity index (χ1v) is 9.03. The van der Waals surface area contributed by atoms with Crippen molar-refractivity contribution in [2.45, 2.75) is 26.2 Å². The topological polar surface area (TPSA) is 62.7 Å². The molecule has 0 aliphatic carbocycles. The summed E-state index contributed by atoms with van der Waals surface area (Å²) < 4.78 is 0. The Morgan fingerprint density at radius 3 is 2.73 bits per heavy atom. The average Bonchev–Trinajstić information content (AvgIpc) is 2.62. The van der Waals surface area contributed by atoms with E-state index < -0.39 is 0 Å². The molecule has 0 fully saturated rings. The van der Waals surface area contributed by atoms with E-state index in [2.05, 4.69) is 51.8 Å². The highest BCUT2D eigenvalue weighted by atomic mass is 35.5. The molecule has 134 valence electrons. The highest BCUT2D eigenvalue weighted by Crippen LogP contribution is 2.25. The quantitative estimate of drug-likeness (QED) is 0.612. The Kier molecular flexibility index (Phi) is 6.02. The van der Waals surface area contributed by atoms with Crippen LogP contribution in [0.5, 0.6) is 0 Å². The van der Waals surface area contributed by atoms with Crippen molar-refractivity contribution < 1.29 is 0 Å². The summed E-state index contributed by atoms with van der Waals surface area (Å²) >= 11 is 6.01. The lowest BCUT2D eigenvalue weighted by molar-refractivity contribution is 0.867. The van der Waals surface area contributed by atoms with E-state index in [0.717, 1.165) is 23.7 Å². The highest BCUT2D eigenvalue weighted by molar-refractivity contribution is 6.30. The molecule has 1 heterocycles. The van der Waals surface area contributed by atoms with Crippen LogP contribution in [-0.2, 0) is 6.42 Å². The van der Waals surface area contributed by atoms with Crippen LogP contribution in [0, 0.1) is 0 Å². The lowest BCUT2D eigenvalue weighted by atomic mass is 10.0. The smallest absolute Gasteiger partial charge is 0.249 e. The molecule has 5 nitrogen and oxygen atoms in total. The van der Waals surface area contributed by atoms with Gasteiger partial charge < -0.3 is 10.6 Å². The predicted octanol–water partition coefficient (Wildman–Crippen LogP) is 5.05. The number of aromatic nitrogens is 3. The maximum absolute atomic E-state index is 6.01. The number of para-hydroxylation sites is 1. The van der Waals surface area contributed by atoms with Gasteiger partial charge in [0, 0.05) is 17.3 Å². The first kappa shape index (κ1) is 18.1. The molecular weight excluding hydrogens is 346 g/mol. The second-order valence-corrected chi connectivity index (χ2v) is 6.78. The van der Waals surface area contributed by atoms with E-state index in [9.17, 15) is 0 Å². The van der Waals surface area contributed by atoms with Crippen LogP contribution in [0.1, 0.15) is 30.9 Å². The van der Waals surface area contributed by atoms with Crippen molar-refractivity contribution in [3.05, 3.63) is 70.9 Å². The van der Waals surface area contributed by atoms with E-state index in [4.69, 9.17) is 11.6 Å². The Balaban J connectivity index is 1.63. The maximum Gasteiger partial charge on any atom is 0.249 e. The normalized spacial score (nSPS) is 10.8. The Morgan fingerprint density at radius 2 is 1.92 bits per heavy atom. The molecule has 0 saturated heterocycles. The Bertz CT molecular complexity index is 866. The lowest BCUT2D eigenvalue weighted by Crippen LogP contribution is -2.09. The number of nitrogens with one attached hydrogen (secondary N) is 2. The minimum Gasteiger partial charge on any atom is -0.368 e. The van der Waals surface area contributed by atoms with Crippen LogP contribution < -0.4 is 10.6 Å². The van der Waals surface area contributed by atoms with E-state index >= 15 is 0 Å². The molecule has 2 N–H and O–H groups in total. The molecule has 0 radical (unpaired) electrons. The van der Waals surface area contributed by atoms with E-state index in [1.165, 1.54) is 11.1 Å². The van der Waals surface area contributed by atoms with Gasteiger partial charge in [-0.05, 0) is 41.7 Å². The van der Waals surface area contributed by atoms with Crippen molar-refractivity contribution in [1.82, 2.24) is 15.2 Å². The monoisotopic (exact) mass is 367 g/mol. The fourth-order valence-electron chi connectivity index (χ4n) is 2.70. The number of benzene rings is 2. The minimum atomic E-state index is 0.408. The first-order valence-electron chi connectivity index (χ1n) is 8.66. The van der Waals surface area contributed by atoms with Gasteiger partial charge in [0.25, 0.3) is 0 Å². The molecule has 3 rings (SSSR count). The second-order valence-electron chi connectivity index (χ2n) is 6.34. The molecule has 26 heavy (non-hydrogen) atoms. The zero-order valence-corrected chi connectivity index (χ0v) is 15.7. The zero-order chi connectivity index (χ0) is 18.4. The summed E-state index contributed by atoms with van der Waals surface area (Å²) in [5.41, 5.74) is 3.40.